The zero-order valence-corrected chi connectivity index (χ0v) is 17.3. The summed E-state index contributed by atoms with van der Waals surface area (Å²) < 4.78 is 0.159. The molecule has 12 N–H and O–H groups in total. The molecule has 0 amide bonds. The Kier molecular flexibility index (Phi) is 4.91. The molecule has 11 nitrogen and oxygen atoms in total. The maximum Gasteiger partial charge on any atom is 0.272 e. The first-order valence-corrected chi connectivity index (χ1v) is 9.68. The molecule has 11 heteroatoms. The zero-order chi connectivity index (χ0) is 21.0. The quantitative estimate of drug-likeness (QED) is 0.226. The molecule has 28 heavy (non-hydrogen) atoms. The second kappa shape index (κ2) is 6.59. The highest BCUT2D eigenvalue weighted by molar-refractivity contribution is 5.32. The summed E-state index contributed by atoms with van der Waals surface area (Å²) in [7, 11) is 0. The number of hydrogen-bond donors (Lipinski definition) is 8. The lowest BCUT2D eigenvalue weighted by Gasteiger charge is -2.63. The topological polar surface area (TPSA) is 186 Å². The van der Waals surface area contributed by atoms with E-state index < -0.39 is 17.5 Å². The lowest BCUT2D eigenvalue weighted by molar-refractivity contribution is -1.03. The highest BCUT2D eigenvalue weighted by Gasteiger charge is 2.69. The third-order valence-electron chi connectivity index (χ3n) is 5.93. The third-order valence-corrected chi connectivity index (χ3v) is 5.93. The van der Waals surface area contributed by atoms with E-state index in [1.165, 1.54) is 0 Å². The fourth-order valence-electron chi connectivity index (χ4n) is 4.71. The van der Waals surface area contributed by atoms with Crippen LogP contribution in [0, 0.1) is 13.8 Å². The van der Waals surface area contributed by atoms with Gasteiger partial charge in [0.05, 0.1) is 18.8 Å². The largest absolute Gasteiger partial charge is 0.348 e. The van der Waals surface area contributed by atoms with Gasteiger partial charge in [-0.25, -0.2) is 15.3 Å². The number of H-pyrrole nitrogens is 2. The number of imidazole rings is 2. The number of hydrogen-bond acceptors (Lipinski definition) is 8. The van der Waals surface area contributed by atoms with E-state index in [-0.39, 0.29) is 4.48 Å². The van der Waals surface area contributed by atoms with E-state index in [1.807, 2.05) is 40.8 Å². The van der Waals surface area contributed by atoms with Crippen LogP contribution < -0.4 is 33.6 Å². The second-order valence-electron chi connectivity index (χ2n) is 7.62. The summed E-state index contributed by atoms with van der Waals surface area (Å²) in [4.78, 5) is 16.1. The van der Waals surface area contributed by atoms with E-state index >= 15 is 0 Å². The Morgan fingerprint density at radius 2 is 1.64 bits per heavy atom. The molecule has 0 aromatic carbocycles. The van der Waals surface area contributed by atoms with Crippen molar-refractivity contribution in [2.45, 2.75) is 58.5 Å². The van der Waals surface area contributed by atoms with Crippen LogP contribution >= 0.6 is 0 Å². The maximum absolute atomic E-state index is 6.67. The molecule has 1 atom stereocenters. The van der Waals surface area contributed by atoms with Gasteiger partial charge in [0.15, 0.2) is 5.91 Å². The summed E-state index contributed by atoms with van der Waals surface area (Å²) in [6.07, 6.45) is 2.59. The van der Waals surface area contributed by atoms with E-state index in [9.17, 15) is 0 Å². The van der Waals surface area contributed by atoms with Gasteiger partial charge in [0.1, 0.15) is 23.0 Å². The lowest BCUT2D eigenvalue weighted by Crippen LogP contribution is -3.00. The van der Waals surface area contributed by atoms with E-state index in [0.29, 0.717) is 18.8 Å². The Hall–Kier alpha value is -1.86. The number of aryl methyl sites for hydroxylation is 3. The van der Waals surface area contributed by atoms with Crippen molar-refractivity contribution in [1.29, 1.82) is 0 Å². The summed E-state index contributed by atoms with van der Waals surface area (Å²) in [6.45, 7) is 11.1. The van der Waals surface area contributed by atoms with Crippen LogP contribution in [-0.2, 0) is 12.1 Å². The van der Waals surface area contributed by atoms with Crippen LogP contribution in [0.4, 0.5) is 0 Å². The molecule has 0 unspecified atom stereocenters. The molecule has 3 rings (SSSR count). The van der Waals surface area contributed by atoms with Crippen LogP contribution in [0.5, 0.6) is 0 Å². The van der Waals surface area contributed by atoms with E-state index in [2.05, 4.69) is 25.6 Å². The van der Waals surface area contributed by atoms with Gasteiger partial charge >= 0.3 is 0 Å². The van der Waals surface area contributed by atoms with E-state index in [4.69, 9.17) is 27.9 Å². The molecule has 1 aliphatic heterocycles. The molecule has 0 saturated carbocycles. The van der Waals surface area contributed by atoms with Crippen molar-refractivity contribution in [2.24, 2.45) is 22.9 Å². The fraction of sp³-hybridized carbons (Fsp3) is 0.647. The first kappa shape index (κ1) is 20.9. The normalized spacial score (nSPS) is 25.8. The van der Waals surface area contributed by atoms with Gasteiger partial charge in [-0.2, -0.15) is 5.32 Å². The summed E-state index contributed by atoms with van der Waals surface area (Å²) in [5, 5.41) is 6.35. The Morgan fingerprint density at radius 1 is 1.00 bits per heavy atom. The molecule has 2 aromatic heterocycles. The number of quaternary nitrogens is 1. The summed E-state index contributed by atoms with van der Waals surface area (Å²) in [5.41, 5.74) is 27.2. The van der Waals surface area contributed by atoms with Gasteiger partial charge < -0.3 is 9.97 Å². The number of nitrogens with zero attached hydrogens (tertiary/aromatic N) is 3. The van der Waals surface area contributed by atoms with Crippen molar-refractivity contribution >= 4 is 0 Å². The molecule has 3 heterocycles. The first-order valence-electron chi connectivity index (χ1n) is 9.68. The van der Waals surface area contributed by atoms with Crippen molar-refractivity contribution in [3.05, 3.63) is 34.9 Å². The van der Waals surface area contributed by atoms with Crippen LogP contribution in [0.3, 0.4) is 0 Å². The Morgan fingerprint density at radius 3 is 2.11 bits per heavy atom. The number of rotatable bonds is 5. The van der Waals surface area contributed by atoms with Crippen molar-refractivity contribution in [3.8, 4) is 0 Å². The lowest BCUT2D eigenvalue weighted by atomic mass is 9.91. The van der Waals surface area contributed by atoms with Crippen LogP contribution in [0.1, 0.15) is 49.5 Å². The Bertz CT molecular complexity index is 845. The van der Waals surface area contributed by atoms with Crippen molar-refractivity contribution in [2.75, 3.05) is 13.1 Å². The van der Waals surface area contributed by atoms with Gasteiger partial charge in [-0.1, -0.05) is 6.92 Å². The predicted octanol–water partition coefficient (Wildman–Crippen LogP) is -1.38. The highest BCUT2D eigenvalue weighted by Crippen LogP contribution is 2.44. The number of aromatic nitrogens is 4. The van der Waals surface area contributed by atoms with Gasteiger partial charge in [-0.3, -0.25) is 27.4 Å². The molecule has 1 saturated heterocycles. The average molecular weight is 393 g/mol. The number of nitrogens with two attached hydrogens (primary N) is 4. The predicted molar refractivity (Wildman–Crippen MR) is 107 cm³/mol. The third kappa shape index (κ3) is 2.70. The summed E-state index contributed by atoms with van der Waals surface area (Å²) in [6, 6.07) is 0. The van der Waals surface area contributed by atoms with Crippen LogP contribution in [0.25, 0.3) is 0 Å². The Labute approximate surface area is 165 Å². The van der Waals surface area contributed by atoms with Crippen LogP contribution in [0.2, 0.25) is 0 Å². The smallest absolute Gasteiger partial charge is 0.272 e. The van der Waals surface area contributed by atoms with Crippen LogP contribution in [0.15, 0.2) is 6.20 Å². The van der Waals surface area contributed by atoms with Gasteiger partial charge in [0.2, 0.25) is 5.66 Å². The minimum Gasteiger partial charge on any atom is -0.348 e. The second-order valence-corrected chi connectivity index (χ2v) is 7.62. The first-order chi connectivity index (χ1) is 13.0. The van der Waals surface area contributed by atoms with E-state index in [1.54, 1.807) is 0 Å². The molecule has 0 bridgehead atoms. The van der Waals surface area contributed by atoms with E-state index in [0.717, 1.165) is 29.5 Å². The molecule has 156 valence electrons. The Balaban J connectivity index is 2.46. The van der Waals surface area contributed by atoms with Gasteiger partial charge in [-0.05, 0) is 27.7 Å². The van der Waals surface area contributed by atoms with Gasteiger partial charge in [0, 0.05) is 12.6 Å². The van der Waals surface area contributed by atoms with Gasteiger partial charge in [-0.15, -0.1) is 0 Å². The molecule has 0 radical (unpaired) electrons. The zero-order valence-electron chi connectivity index (χ0n) is 17.3. The molecule has 0 aliphatic carbocycles. The minimum atomic E-state index is -1.55. The minimum absolute atomic E-state index is 0.159. The number of aromatic amines is 2. The molecular formula is C17H34N11+. The van der Waals surface area contributed by atoms with Gasteiger partial charge in [0.25, 0.3) is 5.91 Å². The highest BCUT2D eigenvalue weighted by atomic mass is 15.7. The standard InChI is InChI=1S/C17H34N11/c1-6-13-23-10(4)14(25-13)15(12-9-22-11(5)24-12)26-16(18,19)27-17(20,21)28(15,7-2)8-3/h9,26-27H,6-8,18-21H2,1-5H3,(H,22,24)(H,23,25)/q+1/t15-/m1/s1. The number of nitrogens with one attached hydrogen (secondary N) is 4. The average Bonchev–Trinajstić information content (AvgIpc) is 3.19. The molecule has 2 aromatic rings. The van der Waals surface area contributed by atoms with Crippen molar-refractivity contribution in [3.63, 3.8) is 0 Å². The fourth-order valence-corrected chi connectivity index (χ4v) is 4.71. The molecule has 0 spiro atoms. The molecule has 1 aliphatic rings. The molecule has 1 fully saturated rings. The van der Waals surface area contributed by atoms with Crippen LogP contribution in [-0.4, -0.2) is 49.3 Å². The maximum atomic E-state index is 6.67. The summed E-state index contributed by atoms with van der Waals surface area (Å²) in [5.74, 6) is -1.39. The molecular weight excluding hydrogens is 358 g/mol. The summed E-state index contributed by atoms with van der Waals surface area (Å²) >= 11 is 0. The monoisotopic (exact) mass is 392 g/mol. The van der Waals surface area contributed by atoms with Crippen molar-refractivity contribution < 1.29 is 4.48 Å². The SMILES string of the molecule is CCc1nc(C)c([C@]2(c3c[nH]c(C)n3)NC(N)(N)NC(N)(N)[N+]2(CC)CC)[nH]1. The van der Waals surface area contributed by atoms with Crippen molar-refractivity contribution in [1.82, 2.24) is 30.6 Å².